The summed E-state index contributed by atoms with van der Waals surface area (Å²) in [5, 5.41) is 10.3. The Morgan fingerprint density at radius 2 is 2.14 bits per heavy atom. The molecular formula is C16H20N4O2. The third-order valence-corrected chi connectivity index (χ3v) is 3.83. The van der Waals surface area contributed by atoms with Crippen LogP contribution in [-0.2, 0) is 11.8 Å². The van der Waals surface area contributed by atoms with Crippen LogP contribution < -0.4 is 10.6 Å². The lowest BCUT2D eigenvalue weighted by atomic mass is 10.1. The second-order valence-corrected chi connectivity index (χ2v) is 5.47. The van der Waals surface area contributed by atoms with E-state index < -0.39 is 0 Å². The standard InChI is InChI=1S/C16H20N4O2/c1-11-14(12-6-4-3-5-7-12)19-20(2)15(11)18-16(21)17-13-8-9-22-10-13/h3-7,13H,8-10H2,1-2H3,(H2,17,18,21)/t13-/m0/s1. The molecule has 1 aliphatic heterocycles. The highest BCUT2D eigenvalue weighted by Crippen LogP contribution is 2.27. The van der Waals surface area contributed by atoms with Crippen LogP contribution in [0.5, 0.6) is 0 Å². The van der Waals surface area contributed by atoms with Crippen molar-refractivity contribution in [2.75, 3.05) is 18.5 Å². The molecule has 1 saturated heterocycles. The highest BCUT2D eigenvalue weighted by atomic mass is 16.5. The van der Waals surface area contributed by atoms with Gasteiger partial charge in [0.2, 0.25) is 0 Å². The molecule has 3 rings (SSSR count). The van der Waals surface area contributed by atoms with Gasteiger partial charge in [0, 0.05) is 24.8 Å². The van der Waals surface area contributed by atoms with Gasteiger partial charge in [0.25, 0.3) is 0 Å². The fourth-order valence-electron chi connectivity index (χ4n) is 2.65. The Morgan fingerprint density at radius 1 is 1.36 bits per heavy atom. The number of ether oxygens (including phenoxy) is 1. The Kier molecular flexibility index (Phi) is 4.11. The van der Waals surface area contributed by atoms with Crippen LogP contribution in [0, 0.1) is 6.92 Å². The van der Waals surface area contributed by atoms with E-state index in [1.807, 2.05) is 44.3 Å². The molecular weight excluding hydrogens is 280 g/mol. The maximum Gasteiger partial charge on any atom is 0.320 e. The molecule has 0 saturated carbocycles. The minimum absolute atomic E-state index is 0.0853. The second-order valence-electron chi connectivity index (χ2n) is 5.47. The third-order valence-electron chi connectivity index (χ3n) is 3.83. The molecule has 6 heteroatoms. The predicted octanol–water partition coefficient (Wildman–Crippen LogP) is 2.31. The summed E-state index contributed by atoms with van der Waals surface area (Å²) in [6.07, 6.45) is 0.854. The Morgan fingerprint density at radius 3 is 2.82 bits per heavy atom. The van der Waals surface area contributed by atoms with Gasteiger partial charge < -0.3 is 10.1 Å². The van der Waals surface area contributed by atoms with Gasteiger partial charge in [-0.1, -0.05) is 30.3 Å². The maximum absolute atomic E-state index is 12.1. The van der Waals surface area contributed by atoms with Gasteiger partial charge in [0.15, 0.2) is 0 Å². The number of nitrogens with zero attached hydrogens (tertiary/aromatic N) is 2. The van der Waals surface area contributed by atoms with E-state index >= 15 is 0 Å². The number of amides is 2. The lowest BCUT2D eigenvalue weighted by Gasteiger charge is -2.12. The normalized spacial score (nSPS) is 17.5. The number of aryl methyl sites for hydroxylation is 1. The molecule has 1 aliphatic rings. The number of aromatic nitrogens is 2. The van der Waals surface area contributed by atoms with E-state index in [-0.39, 0.29) is 12.1 Å². The number of carbonyl (C=O) groups excluding carboxylic acids is 1. The number of carbonyl (C=O) groups is 1. The number of anilines is 1. The Bertz CT molecular complexity index is 660. The zero-order valence-electron chi connectivity index (χ0n) is 12.8. The van der Waals surface area contributed by atoms with Gasteiger partial charge in [0.1, 0.15) is 5.82 Å². The molecule has 2 amide bonds. The summed E-state index contributed by atoms with van der Waals surface area (Å²) < 4.78 is 6.95. The minimum atomic E-state index is -0.221. The van der Waals surface area contributed by atoms with Crippen molar-refractivity contribution in [2.45, 2.75) is 19.4 Å². The summed E-state index contributed by atoms with van der Waals surface area (Å²) >= 11 is 0. The monoisotopic (exact) mass is 300 g/mol. The largest absolute Gasteiger partial charge is 0.379 e. The van der Waals surface area contributed by atoms with Crippen LogP contribution in [-0.4, -0.2) is 35.1 Å². The molecule has 1 atom stereocenters. The fourth-order valence-corrected chi connectivity index (χ4v) is 2.65. The maximum atomic E-state index is 12.1. The molecule has 0 spiro atoms. The van der Waals surface area contributed by atoms with Crippen LogP contribution in [0.3, 0.4) is 0 Å². The van der Waals surface area contributed by atoms with Crippen molar-refractivity contribution in [3.05, 3.63) is 35.9 Å². The van der Waals surface area contributed by atoms with E-state index in [1.165, 1.54) is 0 Å². The van der Waals surface area contributed by atoms with E-state index in [4.69, 9.17) is 4.74 Å². The van der Waals surface area contributed by atoms with Crippen molar-refractivity contribution >= 4 is 11.8 Å². The number of benzene rings is 1. The summed E-state index contributed by atoms with van der Waals surface area (Å²) in [5.74, 6) is 0.704. The number of rotatable bonds is 3. The summed E-state index contributed by atoms with van der Waals surface area (Å²) in [6, 6.07) is 9.80. The zero-order chi connectivity index (χ0) is 15.5. The SMILES string of the molecule is Cc1c(-c2ccccc2)nn(C)c1NC(=O)N[C@H]1CCOC1. The summed E-state index contributed by atoms with van der Waals surface area (Å²) in [7, 11) is 1.83. The Labute approximate surface area is 129 Å². The zero-order valence-corrected chi connectivity index (χ0v) is 12.8. The molecule has 1 aromatic heterocycles. The number of nitrogens with one attached hydrogen (secondary N) is 2. The van der Waals surface area contributed by atoms with Gasteiger partial charge in [0.05, 0.1) is 18.3 Å². The van der Waals surface area contributed by atoms with Crippen molar-refractivity contribution < 1.29 is 9.53 Å². The van der Waals surface area contributed by atoms with Crippen molar-refractivity contribution in [2.24, 2.45) is 7.05 Å². The topological polar surface area (TPSA) is 68.2 Å². The Balaban J connectivity index is 1.76. The lowest BCUT2D eigenvalue weighted by molar-refractivity contribution is 0.189. The van der Waals surface area contributed by atoms with Crippen molar-refractivity contribution in [3.8, 4) is 11.3 Å². The van der Waals surface area contributed by atoms with E-state index in [9.17, 15) is 4.79 Å². The quantitative estimate of drug-likeness (QED) is 0.914. The molecule has 0 aliphatic carbocycles. The van der Waals surface area contributed by atoms with Gasteiger partial charge in [-0.2, -0.15) is 5.10 Å². The first-order valence-electron chi connectivity index (χ1n) is 7.39. The van der Waals surface area contributed by atoms with Crippen LogP contribution in [0.25, 0.3) is 11.3 Å². The average molecular weight is 300 g/mol. The van der Waals surface area contributed by atoms with Crippen LogP contribution >= 0.6 is 0 Å². The van der Waals surface area contributed by atoms with Crippen molar-refractivity contribution in [1.82, 2.24) is 15.1 Å². The molecule has 0 radical (unpaired) electrons. The van der Waals surface area contributed by atoms with Crippen LogP contribution in [0.4, 0.5) is 10.6 Å². The number of urea groups is 1. The van der Waals surface area contributed by atoms with Gasteiger partial charge in [-0.15, -0.1) is 0 Å². The van der Waals surface area contributed by atoms with Gasteiger partial charge >= 0.3 is 6.03 Å². The van der Waals surface area contributed by atoms with Gasteiger partial charge in [-0.25, -0.2) is 4.79 Å². The van der Waals surface area contributed by atoms with Crippen molar-refractivity contribution in [3.63, 3.8) is 0 Å². The van der Waals surface area contributed by atoms with Gasteiger partial charge in [-0.05, 0) is 13.3 Å². The molecule has 22 heavy (non-hydrogen) atoms. The van der Waals surface area contributed by atoms with Gasteiger partial charge in [-0.3, -0.25) is 10.00 Å². The number of hydrogen-bond acceptors (Lipinski definition) is 3. The Hall–Kier alpha value is -2.34. The van der Waals surface area contributed by atoms with Crippen LogP contribution in [0.1, 0.15) is 12.0 Å². The first-order chi connectivity index (χ1) is 10.6. The molecule has 2 N–H and O–H groups in total. The molecule has 1 fully saturated rings. The molecule has 2 heterocycles. The van der Waals surface area contributed by atoms with Crippen LogP contribution in [0.15, 0.2) is 30.3 Å². The number of hydrogen-bond donors (Lipinski definition) is 2. The van der Waals surface area contributed by atoms with Crippen molar-refractivity contribution in [1.29, 1.82) is 0 Å². The summed E-state index contributed by atoms with van der Waals surface area (Å²) in [6.45, 7) is 3.24. The summed E-state index contributed by atoms with van der Waals surface area (Å²) in [5.41, 5.74) is 2.86. The van der Waals surface area contributed by atoms with Crippen LogP contribution in [0.2, 0.25) is 0 Å². The first kappa shape index (κ1) is 14.6. The predicted molar refractivity (Wildman–Crippen MR) is 84.8 cm³/mol. The first-order valence-corrected chi connectivity index (χ1v) is 7.39. The minimum Gasteiger partial charge on any atom is -0.379 e. The van der Waals surface area contributed by atoms with E-state index in [2.05, 4.69) is 15.7 Å². The third kappa shape index (κ3) is 2.96. The fraction of sp³-hybridized carbons (Fsp3) is 0.375. The molecule has 6 nitrogen and oxygen atoms in total. The van der Waals surface area contributed by atoms with E-state index in [0.29, 0.717) is 19.0 Å². The molecule has 116 valence electrons. The molecule has 2 aromatic rings. The van der Waals surface area contributed by atoms with E-state index in [1.54, 1.807) is 4.68 Å². The second kappa shape index (κ2) is 6.19. The average Bonchev–Trinajstić information content (AvgIpc) is 3.11. The highest BCUT2D eigenvalue weighted by Gasteiger charge is 2.20. The highest BCUT2D eigenvalue weighted by molar-refractivity contribution is 5.90. The van der Waals surface area contributed by atoms with E-state index in [0.717, 1.165) is 23.2 Å². The smallest absolute Gasteiger partial charge is 0.320 e. The molecule has 0 unspecified atom stereocenters. The lowest BCUT2D eigenvalue weighted by Crippen LogP contribution is -2.38. The summed E-state index contributed by atoms with van der Waals surface area (Å²) in [4.78, 5) is 12.1. The molecule has 0 bridgehead atoms. The molecule has 1 aromatic carbocycles.